The van der Waals surface area contributed by atoms with Crippen molar-refractivity contribution in [2.45, 2.75) is 12.5 Å². The molecule has 2 atom stereocenters. The Balaban J connectivity index is 2.45. The molecule has 0 bridgehead atoms. The number of nitrogens with two attached hydrogens (primary N) is 1. The molecule has 0 spiro atoms. The Bertz CT molecular complexity index is 392. The van der Waals surface area contributed by atoms with E-state index in [1.807, 2.05) is 18.2 Å². The number of carboxylic acid groups (broad SMARTS) is 1. The normalized spacial score (nSPS) is 24.7. The second kappa shape index (κ2) is 3.37. The van der Waals surface area contributed by atoms with Gasteiger partial charge in [0, 0.05) is 10.5 Å². The van der Waals surface area contributed by atoms with Crippen LogP contribution in [0.15, 0.2) is 22.7 Å². The summed E-state index contributed by atoms with van der Waals surface area (Å²) in [6, 6.07) is 5.32. The van der Waals surface area contributed by atoms with Crippen LogP contribution < -0.4 is 5.73 Å². The standard InChI is InChI=1S/C10H10BrNO2/c11-8-3-1-2-5-6(8)4-7(9(5)12)10(13)14/h1-3,7,9H,4,12H2,(H,13,14). The van der Waals surface area contributed by atoms with Crippen molar-refractivity contribution in [1.29, 1.82) is 0 Å². The summed E-state index contributed by atoms with van der Waals surface area (Å²) in [6.07, 6.45) is 0.521. The van der Waals surface area contributed by atoms with E-state index < -0.39 is 11.9 Å². The predicted molar refractivity (Wildman–Crippen MR) is 55.9 cm³/mol. The van der Waals surface area contributed by atoms with Gasteiger partial charge in [-0.25, -0.2) is 0 Å². The fourth-order valence-electron chi connectivity index (χ4n) is 1.91. The molecule has 0 aromatic heterocycles. The largest absolute Gasteiger partial charge is 0.481 e. The zero-order chi connectivity index (χ0) is 10.3. The molecular weight excluding hydrogens is 246 g/mol. The molecule has 4 heteroatoms. The lowest BCUT2D eigenvalue weighted by atomic mass is 10.0. The summed E-state index contributed by atoms with van der Waals surface area (Å²) in [5, 5.41) is 8.95. The molecule has 74 valence electrons. The van der Waals surface area contributed by atoms with Gasteiger partial charge < -0.3 is 10.8 Å². The third-order valence-corrected chi connectivity index (χ3v) is 3.43. The molecule has 1 aromatic carbocycles. The van der Waals surface area contributed by atoms with Crippen LogP contribution in [0.2, 0.25) is 0 Å². The van der Waals surface area contributed by atoms with Gasteiger partial charge in [0.15, 0.2) is 0 Å². The van der Waals surface area contributed by atoms with E-state index in [2.05, 4.69) is 15.9 Å². The average Bonchev–Trinajstić information content (AvgIpc) is 2.46. The van der Waals surface area contributed by atoms with Crippen molar-refractivity contribution in [3.05, 3.63) is 33.8 Å². The first-order valence-electron chi connectivity index (χ1n) is 4.37. The maximum Gasteiger partial charge on any atom is 0.308 e. The van der Waals surface area contributed by atoms with Gasteiger partial charge in [0.25, 0.3) is 0 Å². The van der Waals surface area contributed by atoms with Crippen LogP contribution in [0.5, 0.6) is 0 Å². The molecule has 1 aliphatic carbocycles. The number of rotatable bonds is 1. The molecule has 0 aliphatic heterocycles. The van der Waals surface area contributed by atoms with Crippen LogP contribution >= 0.6 is 15.9 Å². The number of benzene rings is 1. The van der Waals surface area contributed by atoms with Gasteiger partial charge in [-0.1, -0.05) is 28.1 Å². The highest BCUT2D eigenvalue weighted by molar-refractivity contribution is 9.10. The molecule has 0 fully saturated rings. The summed E-state index contributed by atoms with van der Waals surface area (Å²) in [5.41, 5.74) is 7.84. The zero-order valence-electron chi connectivity index (χ0n) is 7.40. The first-order valence-corrected chi connectivity index (χ1v) is 5.16. The van der Waals surface area contributed by atoms with E-state index in [4.69, 9.17) is 10.8 Å². The van der Waals surface area contributed by atoms with Gasteiger partial charge in [-0.2, -0.15) is 0 Å². The fraction of sp³-hybridized carbons (Fsp3) is 0.300. The SMILES string of the molecule is NC1c2cccc(Br)c2CC1C(=O)O. The van der Waals surface area contributed by atoms with Crippen LogP contribution in [0.25, 0.3) is 0 Å². The lowest BCUT2D eigenvalue weighted by Crippen LogP contribution is -2.24. The Morgan fingerprint density at radius 1 is 1.57 bits per heavy atom. The molecule has 2 unspecified atom stereocenters. The first kappa shape index (κ1) is 9.68. The number of halogens is 1. The molecule has 0 saturated carbocycles. The Kier molecular flexibility index (Phi) is 2.33. The number of hydrogen-bond acceptors (Lipinski definition) is 2. The smallest absolute Gasteiger partial charge is 0.308 e. The van der Waals surface area contributed by atoms with Crippen molar-refractivity contribution >= 4 is 21.9 Å². The van der Waals surface area contributed by atoms with Crippen LogP contribution in [-0.2, 0) is 11.2 Å². The molecule has 14 heavy (non-hydrogen) atoms. The summed E-state index contributed by atoms with van der Waals surface area (Å²) in [5.74, 6) is -1.30. The number of carbonyl (C=O) groups is 1. The minimum atomic E-state index is -0.819. The highest BCUT2D eigenvalue weighted by Crippen LogP contribution is 2.38. The van der Waals surface area contributed by atoms with Crippen molar-refractivity contribution in [1.82, 2.24) is 0 Å². The van der Waals surface area contributed by atoms with Crippen LogP contribution in [-0.4, -0.2) is 11.1 Å². The Morgan fingerprint density at radius 2 is 2.29 bits per heavy atom. The summed E-state index contributed by atoms with van der Waals surface area (Å²) >= 11 is 3.40. The monoisotopic (exact) mass is 255 g/mol. The predicted octanol–water partition coefficient (Wildman–Crippen LogP) is 1.71. The van der Waals surface area contributed by atoms with E-state index in [1.165, 1.54) is 0 Å². The molecule has 0 amide bonds. The third-order valence-electron chi connectivity index (χ3n) is 2.69. The number of hydrogen-bond donors (Lipinski definition) is 2. The van der Waals surface area contributed by atoms with Gasteiger partial charge in [-0.15, -0.1) is 0 Å². The van der Waals surface area contributed by atoms with Gasteiger partial charge in [0.2, 0.25) is 0 Å². The van der Waals surface area contributed by atoms with Gasteiger partial charge in [0.05, 0.1) is 5.92 Å². The molecule has 0 heterocycles. The van der Waals surface area contributed by atoms with E-state index in [0.717, 1.165) is 15.6 Å². The summed E-state index contributed by atoms with van der Waals surface area (Å²) in [7, 11) is 0. The van der Waals surface area contributed by atoms with Crippen molar-refractivity contribution in [3.8, 4) is 0 Å². The van der Waals surface area contributed by atoms with E-state index in [1.54, 1.807) is 0 Å². The van der Waals surface area contributed by atoms with E-state index in [9.17, 15) is 4.79 Å². The van der Waals surface area contributed by atoms with E-state index >= 15 is 0 Å². The topological polar surface area (TPSA) is 63.3 Å². The van der Waals surface area contributed by atoms with E-state index in [-0.39, 0.29) is 6.04 Å². The van der Waals surface area contributed by atoms with Gasteiger partial charge >= 0.3 is 5.97 Å². The average molecular weight is 256 g/mol. The highest BCUT2D eigenvalue weighted by atomic mass is 79.9. The molecule has 1 aliphatic rings. The summed E-state index contributed by atoms with van der Waals surface area (Å²) in [6.45, 7) is 0. The second-order valence-corrected chi connectivity index (χ2v) is 4.34. The van der Waals surface area contributed by atoms with Crippen molar-refractivity contribution in [3.63, 3.8) is 0 Å². The molecule has 3 nitrogen and oxygen atoms in total. The van der Waals surface area contributed by atoms with Crippen molar-refractivity contribution in [2.24, 2.45) is 11.7 Å². The molecule has 2 rings (SSSR count). The second-order valence-electron chi connectivity index (χ2n) is 3.48. The van der Waals surface area contributed by atoms with Gasteiger partial charge in [0.1, 0.15) is 0 Å². The van der Waals surface area contributed by atoms with Crippen LogP contribution in [0.3, 0.4) is 0 Å². The highest BCUT2D eigenvalue weighted by Gasteiger charge is 2.35. The first-order chi connectivity index (χ1) is 6.61. The fourth-order valence-corrected chi connectivity index (χ4v) is 2.45. The third kappa shape index (κ3) is 1.35. The summed E-state index contributed by atoms with van der Waals surface area (Å²) < 4.78 is 0.953. The van der Waals surface area contributed by atoms with E-state index in [0.29, 0.717) is 6.42 Å². The van der Waals surface area contributed by atoms with Crippen LogP contribution in [0, 0.1) is 5.92 Å². The number of carboxylic acids is 1. The van der Waals surface area contributed by atoms with Crippen molar-refractivity contribution in [2.75, 3.05) is 0 Å². The molecule has 0 radical (unpaired) electrons. The molecule has 1 aromatic rings. The maximum atomic E-state index is 10.9. The Morgan fingerprint density at radius 3 is 2.86 bits per heavy atom. The lowest BCUT2D eigenvalue weighted by molar-refractivity contribution is -0.142. The maximum absolute atomic E-state index is 10.9. The van der Waals surface area contributed by atoms with Crippen LogP contribution in [0.1, 0.15) is 17.2 Å². The molecular formula is C10H10BrNO2. The van der Waals surface area contributed by atoms with Crippen molar-refractivity contribution < 1.29 is 9.90 Å². The van der Waals surface area contributed by atoms with Gasteiger partial charge in [-0.3, -0.25) is 4.79 Å². The minimum absolute atomic E-state index is 0.375. The lowest BCUT2D eigenvalue weighted by Gasteiger charge is -2.10. The minimum Gasteiger partial charge on any atom is -0.481 e. The molecule has 3 N–H and O–H groups in total. The zero-order valence-corrected chi connectivity index (χ0v) is 8.99. The summed E-state index contributed by atoms with van der Waals surface area (Å²) in [4.78, 5) is 10.9. The Hall–Kier alpha value is -0.870. The number of aliphatic carboxylic acids is 1. The number of fused-ring (bicyclic) bond motifs is 1. The molecule has 0 saturated heterocycles. The Labute approximate surface area is 90.0 Å². The quantitative estimate of drug-likeness (QED) is 0.803. The van der Waals surface area contributed by atoms with Gasteiger partial charge in [-0.05, 0) is 23.6 Å². The van der Waals surface area contributed by atoms with Crippen LogP contribution in [0.4, 0.5) is 0 Å².